The van der Waals surface area contributed by atoms with Gasteiger partial charge in [-0.25, -0.2) is 18.4 Å². The van der Waals surface area contributed by atoms with Crippen molar-refractivity contribution in [2.24, 2.45) is 0 Å². The lowest BCUT2D eigenvalue weighted by molar-refractivity contribution is 0.102. The molecule has 1 amide bonds. The van der Waals surface area contributed by atoms with Gasteiger partial charge in [-0.15, -0.1) is 0 Å². The minimum absolute atomic E-state index is 0.0598. The second-order valence-electron chi connectivity index (χ2n) is 7.05. The van der Waals surface area contributed by atoms with Gasteiger partial charge in [0.25, 0.3) is 15.9 Å². The van der Waals surface area contributed by atoms with Crippen molar-refractivity contribution in [3.05, 3.63) is 89.9 Å². The van der Waals surface area contributed by atoms with Crippen LogP contribution in [0.4, 0.5) is 11.5 Å². The van der Waals surface area contributed by atoms with Gasteiger partial charge in [0.15, 0.2) is 0 Å². The van der Waals surface area contributed by atoms with E-state index < -0.39 is 10.0 Å². The van der Waals surface area contributed by atoms with Crippen LogP contribution >= 0.6 is 0 Å². The molecule has 0 aliphatic rings. The van der Waals surface area contributed by atoms with Crippen LogP contribution in [0, 0.1) is 13.8 Å². The monoisotopic (exact) mass is 432 g/mol. The van der Waals surface area contributed by atoms with Gasteiger partial charge in [-0.3, -0.25) is 9.52 Å². The molecule has 7 nitrogen and oxygen atoms in total. The number of aryl methyl sites for hydroxylation is 2. The first-order chi connectivity index (χ1) is 14.8. The summed E-state index contributed by atoms with van der Waals surface area (Å²) in [6.07, 6.45) is 0. The van der Waals surface area contributed by atoms with Crippen molar-refractivity contribution in [3.8, 4) is 0 Å². The maximum atomic E-state index is 12.8. The summed E-state index contributed by atoms with van der Waals surface area (Å²) in [5.41, 5.74) is 1.70. The van der Waals surface area contributed by atoms with Gasteiger partial charge in [0, 0.05) is 23.0 Å². The van der Waals surface area contributed by atoms with E-state index in [2.05, 4.69) is 20.0 Å². The molecule has 8 heteroatoms. The molecule has 31 heavy (non-hydrogen) atoms. The van der Waals surface area contributed by atoms with Crippen LogP contribution in [0.1, 0.15) is 21.9 Å². The van der Waals surface area contributed by atoms with Gasteiger partial charge < -0.3 is 5.32 Å². The van der Waals surface area contributed by atoms with E-state index in [0.29, 0.717) is 22.8 Å². The Bertz CT molecular complexity index is 1360. The molecule has 156 valence electrons. The van der Waals surface area contributed by atoms with Crippen molar-refractivity contribution in [2.45, 2.75) is 18.7 Å². The normalized spacial score (nSPS) is 11.3. The fourth-order valence-electron chi connectivity index (χ4n) is 3.31. The number of carbonyl (C=O) groups is 1. The standard InChI is InChI=1S/C23H20N4O3S/c1-15-14-22(25-16(2)24-15)27-31(29,30)19-12-10-18(11-13-19)26-23(28)21-9-5-7-17-6-3-4-8-20(17)21/h3-14H,1-2H3,(H,26,28)(H,24,25,27). The van der Waals surface area contributed by atoms with E-state index in [-0.39, 0.29) is 16.6 Å². The van der Waals surface area contributed by atoms with E-state index in [0.717, 1.165) is 10.8 Å². The minimum atomic E-state index is -3.83. The third kappa shape index (κ3) is 4.54. The molecule has 0 atom stereocenters. The van der Waals surface area contributed by atoms with Crippen molar-refractivity contribution in [1.29, 1.82) is 0 Å². The molecule has 0 saturated heterocycles. The highest BCUT2D eigenvalue weighted by Crippen LogP contribution is 2.21. The van der Waals surface area contributed by atoms with Gasteiger partial charge in [-0.1, -0.05) is 36.4 Å². The zero-order valence-electron chi connectivity index (χ0n) is 17.0. The highest BCUT2D eigenvalue weighted by atomic mass is 32.2. The minimum Gasteiger partial charge on any atom is -0.322 e. The smallest absolute Gasteiger partial charge is 0.263 e. The molecule has 1 heterocycles. The Morgan fingerprint density at radius 2 is 1.58 bits per heavy atom. The van der Waals surface area contributed by atoms with Crippen molar-refractivity contribution in [1.82, 2.24) is 9.97 Å². The highest BCUT2D eigenvalue weighted by molar-refractivity contribution is 7.92. The molecular formula is C23H20N4O3S. The van der Waals surface area contributed by atoms with Gasteiger partial charge in [0.05, 0.1) is 4.90 Å². The van der Waals surface area contributed by atoms with Crippen LogP contribution in [0.15, 0.2) is 77.7 Å². The molecule has 0 unspecified atom stereocenters. The molecule has 3 aromatic carbocycles. The Balaban J connectivity index is 1.53. The first kappa shape index (κ1) is 20.5. The number of nitrogens with one attached hydrogen (secondary N) is 2. The van der Waals surface area contributed by atoms with E-state index >= 15 is 0 Å². The van der Waals surface area contributed by atoms with Gasteiger partial charge in [0.1, 0.15) is 11.6 Å². The number of hydrogen-bond donors (Lipinski definition) is 2. The summed E-state index contributed by atoms with van der Waals surface area (Å²) in [7, 11) is -3.83. The largest absolute Gasteiger partial charge is 0.322 e. The van der Waals surface area contributed by atoms with Crippen LogP contribution in [0.2, 0.25) is 0 Å². The van der Waals surface area contributed by atoms with Crippen molar-refractivity contribution in [2.75, 3.05) is 10.0 Å². The second kappa shape index (κ2) is 8.16. The molecule has 0 aliphatic heterocycles. The topological polar surface area (TPSA) is 101 Å². The summed E-state index contributed by atoms with van der Waals surface area (Å²) in [4.78, 5) is 21.1. The Kier molecular flexibility index (Phi) is 5.39. The van der Waals surface area contributed by atoms with Crippen LogP contribution in [0.25, 0.3) is 10.8 Å². The number of carbonyl (C=O) groups excluding carboxylic acids is 1. The summed E-state index contributed by atoms with van der Waals surface area (Å²) in [5, 5.41) is 4.64. The van der Waals surface area contributed by atoms with Gasteiger partial charge in [-0.05, 0) is 55.0 Å². The lowest BCUT2D eigenvalue weighted by Crippen LogP contribution is -2.15. The average molecular weight is 433 g/mol. The third-order valence-electron chi connectivity index (χ3n) is 4.66. The summed E-state index contributed by atoms with van der Waals surface area (Å²) < 4.78 is 27.8. The Morgan fingerprint density at radius 1 is 0.871 bits per heavy atom. The summed E-state index contributed by atoms with van der Waals surface area (Å²) in [6, 6.07) is 20.7. The molecule has 4 aromatic rings. The number of hydrogen-bond acceptors (Lipinski definition) is 5. The van der Waals surface area contributed by atoms with Crippen molar-refractivity contribution in [3.63, 3.8) is 0 Å². The maximum absolute atomic E-state index is 12.8. The first-order valence-electron chi connectivity index (χ1n) is 9.56. The number of aromatic nitrogens is 2. The van der Waals surface area contributed by atoms with E-state index in [9.17, 15) is 13.2 Å². The molecule has 0 radical (unpaired) electrons. The quantitative estimate of drug-likeness (QED) is 0.490. The molecule has 0 spiro atoms. The summed E-state index contributed by atoms with van der Waals surface area (Å²) in [5.74, 6) is 0.417. The summed E-state index contributed by atoms with van der Waals surface area (Å²) >= 11 is 0. The molecule has 2 N–H and O–H groups in total. The third-order valence-corrected chi connectivity index (χ3v) is 6.03. The molecular weight excluding hydrogens is 412 g/mol. The zero-order chi connectivity index (χ0) is 22.0. The predicted molar refractivity (Wildman–Crippen MR) is 121 cm³/mol. The van der Waals surface area contributed by atoms with Crippen LogP contribution in [-0.2, 0) is 10.0 Å². The van der Waals surface area contributed by atoms with E-state index in [1.54, 1.807) is 38.1 Å². The highest BCUT2D eigenvalue weighted by Gasteiger charge is 2.16. The van der Waals surface area contributed by atoms with Crippen LogP contribution in [-0.4, -0.2) is 24.3 Å². The first-order valence-corrected chi connectivity index (χ1v) is 11.0. The van der Waals surface area contributed by atoms with Crippen LogP contribution < -0.4 is 10.0 Å². The van der Waals surface area contributed by atoms with Gasteiger partial charge in [-0.2, -0.15) is 0 Å². The summed E-state index contributed by atoms with van der Waals surface area (Å²) in [6.45, 7) is 3.46. The molecule has 4 rings (SSSR count). The SMILES string of the molecule is Cc1cc(NS(=O)(=O)c2ccc(NC(=O)c3cccc4ccccc34)cc2)nc(C)n1. The molecule has 0 aliphatic carbocycles. The van der Waals surface area contributed by atoms with E-state index in [1.165, 1.54) is 12.1 Å². The van der Waals surface area contributed by atoms with E-state index in [4.69, 9.17) is 0 Å². The van der Waals surface area contributed by atoms with Crippen LogP contribution in [0.5, 0.6) is 0 Å². The van der Waals surface area contributed by atoms with Crippen molar-refractivity contribution >= 4 is 38.2 Å². The zero-order valence-corrected chi connectivity index (χ0v) is 17.8. The fraction of sp³-hybridized carbons (Fsp3) is 0.0870. The molecule has 1 aromatic heterocycles. The second-order valence-corrected chi connectivity index (χ2v) is 8.73. The Morgan fingerprint density at radius 3 is 2.32 bits per heavy atom. The van der Waals surface area contributed by atoms with Crippen molar-refractivity contribution < 1.29 is 13.2 Å². The van der Waals surface area contributed by atoms with Crippen LogP contribution in [0.3, 0.4) is 0 Å². The molecule has 0 fully saturated rings. The molecule has 0 saturated carbocycles. The Labute approximate surface area is 180 Å². The fourth-order valence-corrected chi connectivity index (χ4v) is 4.30. The number of amides is 1. The number of rotatable bonds is 5. The predicted octanol–water partition coefficient (Wildman–Crippen LogP) is 4.30. The Hall–Kier alpha value is -3.78. The van der Waals surface area contributed by atoms with Gasteiger partial charge in [0.2, 0.25) is 0 Å². The molecule has 0 bridgehead atoms. The average Bonchev–Trinajstić information content (AvgIpc) is 2.72. The lowest BCUT2D eigenvalue weighted by atomic mass is 10.0. The maximum Gasteiger partial charge on any atom is 0.263 e. The lowest BCUT2D eigenvalue weighted by Gasteiger charge is -2.10. The van der Waals surface area contributed by atoms with E-state index in [1.807, 2.05) is 36.4 Å². The number of anilines is 2. The number of nitrogens with zero attached hydrogens (tertiary/aromatic N) is 2. The van der Waals surface area contributed by atoms with Gasteiger partial charge >= 0.3 is 0 Å². The number of benzene rings is 3. The number of sulfonamides is 1. The number of fused-ring (bicyclic) bond motifs is 1.